The van der Waals surface area contributed by atoms with Crippen LogP contribution in [-0.4, -0.2) is 47.9 Å². The van der Waals surface area contributed by atoms with Crippen molar-refractivity contribution in [2.75, 3.05) is 26.2 Å². The van der Waals surface area contributed by atoms with Gasteiger partial charge in [-0.05, 0) is 38.1 Å². The van der Waals surface area contributed by atoms with Gasteiger partial charge in [-0.15, -0.1) is 0 Å². The van der Waals surface area contributed by atoms with Gasteiger partial charge in [0.05, 0.1) is 5.56 Å². The highest BCUT2D eigenvalue weighted by atomic mass is 16.5. The number of carbonyl (C=O) groups is 1. The van der Waals surface area contributed by atoms with Gasteiger partial charge < -0.3 is 9.64 Å². The van der Waals surface area contributed by atoms with Gasteiger partial charge in [-0.3, -0.25) is 9.69 Å². The predicted octanol–water partition coefficient (Wildman–Crippen LogP) is 3.65. The predicted molar refractivity (Wildman–Crippen MR) is 95.6 cm³/mol. The van der Waals surface area contributed by atoms with E-state index in [4.69, 9.17) is 4.74 Å². The zero-order chi connectivity index (χ0) is 16.9. The highest BCUT2D eigenvalue weighted by Crippen LogP contribution is 2.26. The molecule has 0 N–H and O–H groups in total. The van der Waals surface area contributed by atoms with E-state index in [2.05, 4.69) is 18.7 Å². The summed E-state index contributed by atoms with van der Waals surface area (Å²) in [4.78, 5) is 17.2. The van der Waals surface area contributed by atoms with E-state index < -0.39 is 0 Å². The lowest BCUT2D eigenvalue weighted by Crippen LogP contribution is -2.50. The summed E-state index contributed by atoms with van der Waals surface area (Å²) in [5.41, 5.74) is 0.624. The van der Waals surface area contributed by atoms with Crippen LogP contribution in [0.15, 0.2) is 54.6 Å². The average Bonchev–Trinajstić information content (AvgIpc) is 2.62. The Morgan fingerprint density at radius 3 is 2.21 bits per heavy atom. The number of carbonyl (C=O) groups excluding carboxylic acids is 1. The first-order chi connectivity index (χ1) is 11.6. The Labute approximate surface area is 143 Å². The van der Waals surface area contributed by atoms with Gasteiger partial charge in [0.1, 0.15) is 11.5 Å². The molecule has 0 aromatic heterocycles. The Balaban J connectivity index is 1.74. The van der Waals surface area contributed by atoms with Gasteiger partial charge in [-0.1, -0.05) is 30.3 Å². The molecule has 24 heavy (non-hydrogen) atoms. The van der Waals surface area contributed by atoms with E-state index in [1.165, 1.54) is 0 Å². The Kier molecular flexibility index (Phi) is 5.16. The average molecular weight is 324 g/mol. The minimum absolute atomic E-state index is 0.0462. The Hall–Kier alpha value is -2.33. The molecule has 0 spiro atoms. The molecule has 1 saturated heterocycles. The number of ether oxygens (including phenoxy) is 1. The summed E-state index contributed by atoms with van der Waals surface area (Å²) in [5.74, 6) is 1.40. The fourth-order valence-corrected chi connectivity index (χ4v) is 2.96. The summed E-state index contributed by atoms with van der Waals surface area (Å²) in [6.07, 6.45) is 0. The largest absolute Gasteiger partial charge is 0.457 e. The SMILES string of the molecule is CC(C)N1CCN(C(=O)c2ccccc2Oc2ccccc2)CC1. The van der Waals surface area contributed by atoms with Crippen molar-refractivity contribution in [2.24, 2.45) is 0 Å². The summed E-state index contributed by atoms with van der Waals surface area (Å²) >= 11 is 0. The molecule has 1 heterocycles. The second kappa shape index (κ2) is 7.49. The molecule has 0 saturated carbocycles. The van der Waals surface area contributed by atoms with Gasteiger partial charge >= 0.3 is 0 Å². The molecule has 1 aliphatic rings. The third kappa shape index (κ3) is 3.77. The summed E-state index contributed by atoms with van der Waals surface area (Å²) in [7, 11) is 0. The van der Waals surface area contributed by atoms with Crippen molar-refractivity contribution in [2.45, 2.75) is 19.9 Å². The van der Waals surface area contributed by atoms with Gasteiger partial charge in [-0.25, -0.2) is 0 Å². The van der Waals surface area contributed by atoms with Crippen LogP contribution in [0.4, 0.5) is 0 Å². The number of nitrogens with zero attached hydrogens (tertiary/aromatic N) is 2. The molecule has 4 nitrogen and oxygen atoms in total. The zero-order valence-corrected chi connectivity index (χ0v) is 14.3. The Bertz CT molecular complexity index is 677. The maximum Gasteiger partial charge on any atom is 0.257 e. The van der Waals surface area contributed by atoms with Crippen molar-refractivity contribution in [3.63, 3.8) is 0 Å². The van der Waals surface area contributed by atoms with E-state index in [-0.39, 0.29) is 5.91 Å². The van der Waals surface area contributed by atoms with Crippen molar-refractivity contribution >= 4 is 5.91 Å². The second-order valence-corrected chi connectivity index (χ2v) is 6.33. The zero-order valence-electron chi connectivity index (χ0n) is 14.3. The molecule has 1 fully saturated rings. The lowest BCUT2D eigenvalue weighted by atomic mass is 10.1. The molecule has 0 atom stereocenters. The fraction of sp³-hybridized carbons (Fsp3) is 0.350. The third-order valence-corrected chi connectivity index (χ3v) is 4.42. The van der Waals surface area contributed by atoms with Crippen LogP contribution in [0.3, 0.4) is 0 Å². The number of rotatable bonds is 4. The molecule has 0 bridgehead atoms. The molecule has 3 rings (SSSR count). The topological polar surface area (TPSA) is 32.8 Å². The molecule has 0 radical (unpaired) electrons. The Morgan fingerprint density at radius 1 is 0.917 bits per heavy atom. The number of amides is 1. The standard InChI is InChI=1S/C20H24N2O2/c1-16(2)21-12-14-22(15-13-21)20(23)18-10-6-7-11-19(18)24-17-8-4-3-5-9-17/h3-11,16H,12-15H2,1-2H3. The van der Waals surface area contributed by atoms with E-state index in [0.29, 0.717) is 17.4 Å². The van der Waals surface area contributed by atoms with Crippen LogP contribution in [-0.2, 0) is 0 Å². The smallest absolute Gasteiger partial charge is 0.257 e. The van der Waals surface area contributed by atoms with Crippen LogP contribution in [0.5, 0.6) is 11.5 Å². The van der Waals surface area contributed by atoms with E-state index in [0.717, 1.165) is 31.9 Å². The number of para-hydroxylation sites is 2. The van der Waals surface area contributed by atoms with Crippen molar-refractivity contribution in [3.05, 3.63) is 60.2 Å². The minimum atomic E-state index is 0.0462. The van der Waals surface area contributed by atoms with Gasteiger partial charge in [-0.2, -0.15) is 0 Å². The maximum absolute atomic E-state index is 12.9. The molecule has 2 aromatic carbocycles. The normalized spacial score (nSPS) is 15.5. The monoisotopic (exact) mass is 324 g/mol. The minimum Gasteiger partial charge on any atom is -0.457 e. The first-order valence-electron chi connectivity index (χ1n) is 8.50. The molecule has 1 amide bonds. The van der Waals surface area contributed by atoms with E-state index >= 15 is 0 Å². The first-order valence-corrected chi connectivity index (χ1v) is 8.50. The summed E-state index contributed by atoms with van der Waals surface area (Å²) < 4.78 is 5.92. The first kappa shape index (κ1) is 16.5. The fourth-order valence-electron chi connectivity index (χ4n) is 2.96. The third-order valence-electron chi connectivity index (χ3n) is 4.42. The summed E-state index contributed by atoms with van der Waals surface area (Å²) in [6, 6.07) is 17.6. The van der Waals surface area contributed by atoms with Crippen LogP contribution in [0.2, 0.25) is 0 Å². The maximum atomic E-state index is 12.9. The van der Waals surface area contributed by atoms with E-state index in [1.54, 1.807) is 0 Å². The molecule has 2 aromatic rings. The lowest BCUT2D eigenvalue weighted by Gasteiger charge is -2.37. The molecule has 4 heteroatoms. The van der Waals surface area contributed by atoms with Crippen LogP contribution in [0.25, 0.3) is 0 Å². The molecule has 0 aliphatic carbocycles. The molecular weight excluding hydrogens is 300 g/mol. The van der Waals surface area contributed by atoms with Crippen LogP contribution < -0.4 is 4.74 Å². The number of benzene rings is 2. The molecular formula is C20H24N2O2. The van der Waals surface area contributed by atoms with E-state index in [9.17, 15) is 4.79 Å². The summed E-state index contributed by atoms with van der Waals surface area (Å²) in [5, 5.41) is 0. The van der Waals surface area contributed by atoms with Gasteiger partial charge in [0, 0.05) is 32.2 Å². The van der Waals surface area contributed by atoms with Gasteiger partial charge in [0.25, 0.3) is 5.91 Å². The van der Waals surface area contributed by atoms with E-state index in [1.807, 2.05) is 59.5 Å². The van der Waals surface area contributed by atoms with Crippen molar-refractivity contribution < 1.29 is 9.53 Å². The lowest BCUT2D eigenvalue weighted by molar-refractivity contribution is 0.0593. The quantitative estimate of drug-likeness (QED) is 0.861. The number of hydrogen-bond donors (Lipinski definition) is 0. The van der Waals surface area contributed by atoms with Crippen molar-refractivity contribution in [3.8, 4) is 11.5 Å². The molecule has 1 aliphatic heterocycles. The van der Waals surface area contributed by atoms with Crippen molar-refractivity contribution in [1.82, 2.24) is 9.80 Å². The second-order valence-electron chi connectivity index (χ2n) is 6.33. The van der Waals surface area contributed by atoms with Crippen molar-refractivity contribution in [1.29, 1.82) is 0 Å². The number of piperazine rings is 1. The van der Waals surface area contributed by atoms with Gasteiger partial charge in [0.2, 0.25) is 0 Å². The highest BCUT2D eigenvalue weighted by Gasteiger charge is 2.25. The molecule has 126 valence electrons. The van der Waals surface area contributed by atoms with Crippen LogP contribution in [0.1, 0.15) is 24.2 Å². The summed E-state index contributed by atoms with van der Waals surface area (Å²) in [6.45, 7) is 7.75. The van der Waals surface area contributed by atoms with Crippen LogP contribution in [0, 0.1) is 0 Å². The Morgan fingerprint density at radius 2 is 1.54 bits per heavy atom. The number of hydrogen-bond acceptors (Lipinski definition) is 3. The molecule has 0 unspecified atom stereocenters. The van der Waals surface area contributed by atoms with Crippen LogP contribution >= 0.6 is 0 Å². The van der Waals surface area contributed by atoms with Gasteiger partial charge in [0.15, 0.2) is 0 Å². The highest BCUT2D eigenvalue weighted by molar-refractivity contribution is 5.97.